The van der Waals surface area contributed by atoms with Crippen LogP contribution in [0.5, 0.6) is 0 Å². The number of hydrogen-bond acceptors (Lipinski definition) is 3. The molecule has 2 nitrogen and oxygen atoms in total. The normalized spacial score (nSPS) is 18.4. The Labute approximate surface area is 109 Å². The highest BCUT2D eigenvalue weighted by atomic mass is 79.9. The van der Waals surface area contributed by atoms with Crippen LogP contribution in [0.25, 0.3) is 0 Å². The number of fused-ring (bicyclic) bond motifs is 1. The minimum Gasteiger partial charge on any atom is -0.380 e. The van der Waals surface area contributed by atoms with E-state index >= 15 is 0 Å². The molecule has 0 bridgehead atoms. The molecule has 0 amide bonds. The van der Waals surface area contributed by atoms with E-state index in [0.717, 1.165) is 16.6 Å². The molecule has 1 aromatic carbocycles. The highest BCUT2D eigenvalue weighted by molar-refractivity contribution is 9.10. The molecule has 1 aliphatic rings. The first kappa shape index (κ1) is 11.8. The van der Waals surface area contributed by atoms with Crippen LogP contribution in [0.4, 0.5) is 5.69 Å². The van der Waals surface area contributed by atoms with Gasteiger partial charge in [0, 0.05) is 27.6 Å². The van der Waals surface area contributed by atoms with Gasteiger partial charge in [-0.25, -0.2) is 0 Å². The second kappa shape index (κ2) is 5.11. The average Bonchev–Trinajstić information content (AvgIpc) is 2.26. The Bertz CT molecular complexity index is 439. The molecule has 0 radical (unpaired) electrons. The van der Waals surface area contributed by atoms with Gasteiger partial charge in [-0.3, -0.25) is 0 Å². The molecule has 2 rings (SSSR count). The highest BCUT2D eigenvalue weighted by Gasteiger charge is 2.20. The highest BCUT2D eigenvalue weighted by Crippen LogP contribution is 2.39. The number of nitrogens with zero attached hydrogens (tertiary/aromatic N) is 1. The summed E-state index contributed by atoms with van der Waals surface area (Å²) in [6, 6.07) is 6.95. The van der Waals surface area contributed by atoms with E-state index in [-0.39, 0.29) is 0 Å². The summed E-state index contributed by atoms with van der Waals surface area (Å²) >= 11 is 5.46. The summed E-state index contributed by atoms with van der Waals surface area (Å²) in [5, 5.41) is 12.1. The van der Waals surface area contributed by atoms with Crippen LogP contribution in [-0.2, 0) is 0 Å². The van der Waals surface area contributed by atoms with Crippen LogP contribution in [0.2, 0.25) is 0 Å². The molecule has 1 N–H and O–H groups in total. The van der Waals surface area contributed by atoms with Gasteiger partial charge in [-0.05, 0) is 47.0 Å². The second-order valence-electron chi connectivity index (χ2n) is 3.97. The zero-order valence-corrected chi connectivity index (χ0v) is 11.5. The zero-order valence-electron chi connectivity index (χ0n) is 9.09. The number of thioether (sulfide) groups is 1. The Kier molecular flexibility index (Phi) is 3.78. The summed E-state index contributed by atoms with van der Waals surface area (Å²) in [6.45, 7) is 2.10. The van der Waals surface area contributed by atoms with E-state index in [1.807, 2.05) is 11.8 Å². The van der Waals surface area contributed by atoms with Crippen LogP contribution in [-0.4, -0.2) is 11.8 Å². The molecule has 0 fully saturated rings. The number of hydrogen-bond donors (Lipinski definition) is 1. The van der Waals surface area contributed by atoms with Gasteiger partial charge in [0.1, 0.15) is 0 Å². The minimum absolute atomic E-state index is 0.413. The SMILES string of the molecule is Cc1cc(Br)c2c(c1)SCC(CCC#N)N2. The molecular formula is C12H13BrN2S. The monoisotopic (exact) mass is 296 g/mol. The van der Waals surface area contributed by atoms with E-state index in [1.54, 1.807) is 0 Å². The van der Waals surface area contributed by atoms with Crippen molar-refractivity contribution >= 4 is 33.4 Å². The first-order chi connectivity index (χ1) is 7.70. The van der Waals surface area contributed by atoms with Gasteiger partial charge in [0.25, 0.3) is 0 Å². The van der Waals surface area contributed by atoms with Crippen LogP contribution < -0.4 is 5.32 Å². The van der Waals surface area contributed by atoms with Crippen molar-refractivity contribution in [1.82, 2.24) is 0 Å². The molecule has 0 aliphatic carbocycles. The summed E-state index contributed by atoms with van der Waals surface area (Å²) in [5.74, 6) is 1.05. The van der Waals surface area contributed by atoms with Crippen molar-refractivity contribution < 1.29 is 0 Å². The third kappa shape index (κ3) is 2.53. The number of benzene rings is 1. The fourth-order valence-corrected chi connectivity index (χ4v) is 3.83. The van der Waals surface area contributed by atoms with Gasteiger partial charge in [-0.1, -0.05) is 0 Å². The zero-order chi connectivity index (χ0) is 11.5. The van der Waals surface area contributed by atoms with Gasteiger partial charge in [-0.2, -0.15) is 5.26 Å². The molecule has 1 unspecified atom stereocenters. The summed E-state index contributed by atoms with van der Waals surface area (Å²) in [4.78, 5) is 1.31. The van der Waals surface area contributed by atoms with E-state index in [0.29, 0.717) is 12.5 Å². The number of halogens is 1. The minimum atomic E-state index is 0.413. The van der Waals surface area contributed by atoms with Crippen molar-refractivity contribution in [2.45, 2.75) is 30.7 Å². The lowest BCUT2D eigenvalue weighted by molar-refractivity contribution is 0.723. The standard InChI is InChI=1S/C12H13BrN2S/c1-8-5-10(13)12-11(6-8)16-7-9(15-12)3-2-4-14/h5-6,9,15H,2-3,7H2,1H3. The molecule has 0 aromatic heterocycles. The van der Waals surface area contributed by atoms with Crippen molar-refractivity contribution in [2.75, 3.05) is 11.1 Å². The van der Waals surface area contributed by atoms with Crippen LogP contribution in [0, 0.1) is 18.3 Å². The van der Waals surface area contributed by atoms with Gasteiger partial charge in [0.2, 0.25) is 0 Å². The van der Waals surface area contributed by atoms with E-state index < -0.39 is 0 Å². The fourth-order valence-electron chi connectivity index (χ4n) is 1.79. The van der Waals surface area contributed by atoms with Crippen molar-refractivity contribution in [3.05, 3.63) is 22.2 Å². The van der Waals surface area contributed by atoms with Crippen LogP contribution in [0.3, 0.4) is 0 Å². The smallest absolute Gasteiger partial charge is 0.0625 e. The third-order valence-corrected chi connectivity index (χ3v) is 4.42. The molecule has 1 aromatic rings. The topological polar surface area (TPSA) is 35.8 Å². The lowest BCUT2D eigenvalue weighted by atomic mass is 10.1. The molecule has 1 atom stereocenters. The van der Waals surface area contributed by atoms with E-state index in [2.05, 4.69) is 46.4 Å². The second-order valence-corrected chi connectivity index (χ2v) is 5.89. The Morgan fingerprint density at radius 1 is 1.62 bits per heavy atom. The number of aryl methyl sites for hydroxylation is 1. The number of nitrogens with one attached hydrogen (secondary N) is 1. The van der Waals surface area contributed by atoms with Crippen molar-refractivity contribution in [1.29, 1.82) is 5.26 Å². The third-order valence-electron chi connectivity index (χ3n) is 2.59. The van der Waals surface area contributed by atoms with Crippen molar-refractivity contribution in [3.8, 4) is 6.07 Å². The quantitative estimate of drug-likeness (QED) is 0.898. The Balaban J connectivity index is 2.17. The molecular weight excluding hydrogens is 284 g/mol. The number of rotatable bonds is 2. The molecule has 0 saturated heterocycles. The lowest BCUT2D eigenvalue weighted by Gasteiger charge is -2.27. The maximum Gasteiger partial charge on any atom is 0.0625 e. The Morgan fingerprint density at radius 3 is 3.19 bits per heavy atom. The fraction of sp³-hybridized carbons (Fsp3) is 0.417. The van der Waals surface area contributed by atoms with E-state index in [1.165, 1.54) is 16.1 Å². The Morgan fingerprint density at radius 2 is 2.44 bits per heavy atom. The van der Waals surface area contributed by atoms with Crippen LogP contribution >= 0.6 is 27.7 Å². The lowest BCUT2D eigenvalue weighted by Crippen LogP contribution is -2.26. The van der Waals surface area contributed by atoms with Gasteiger partial charge in [0.05, 0.1) is 11.8 Å². The Hall–Kier alpha value is -0.660. The van der Waals surface area contributed by atoms with Gasteiger partial charge < -0.3 is 5.32 Å². The van der Waals surface area contributed by atoms with E-state index in [9.17, 15) is 0 Å². The first-order valence-corrected chi connectivity index (χ1v) is 7.05. The van der Waals surface area contributed by atoms with Crippen molar-refractivity contribution in [2.24, 2.45) is 0 Å². The maximum absolute atomic E-state index is 8.59. The van der Waals surface area contributed by atoms with Gasteiger partial charge in [0.15, 0.2) is 0 Å². The van der Waals surface area contributed by atoms with Gasteiger partial charge in [-0.15, -0.1) is 11.8 Å². The average molecular weight is 297 g/mol. The number of anilines is 1. The molecule has 0 spiro atoms. The summed E-state index contributed by atoms with van der Waals surface area (Å²) in [5.41, 5.74) is 2.46. The first-order valence-electron chi connectivity index (χ1n) is 5.27. The van der Waals surface area contributed by atoms with Crippen LogP contribution in [0.1, 0.15) is 18.4 Å². The predicted molar refractivity (Wildman–Crippen MR) is 71.9 cm³/mol. The molecule has 4 heteroatoms. The predicted octanol–water partition coefficient (Wildman–Crippen LogP) is 3.95. The molecule has 1 aliphatic heterocycles. The maximum atomic E-state index is 8.59. The largest absolute Gasteiger partial charge is 0.380 e. The van der Waals surface area contributed by atoms with E-state index in [4.69, 9.17) is 5.26 Å². The summed E-state index contributed by atoms with van der Waals surface area (Å²) in [6.07, 6.45) is 1.54. The molecule has 16 heavy (non-hydrogen) atoms. The summed E-state index contributed by atoms with van der Waals surface area (Å²) in [7, 11) is 0. The van der Waals surface area contributed by atoms with Gasteiger partial charge >= 0.3 is 0 Å². The molecule has 0 saturated carbocycles. The van der Waals surface area contributed by atoms with Crippen molar-refractivity contribution in [3.63, 3.8) is 0 Å². The summed E-state index contributed by atoms with van der Waals surface area (Å²) < 4.78 is 1.12. The molecule has 84 valence electrons. The number of nitriles is 1. The van der Waals surface area contributed by atoms with Crippen LogP contribution in [0.15, 0.2) is 21.5 Å². The molecule has 1 heterocycles.